The Kier molecular flexibility index (Phi) is 87.4. The van der Waals surface area contributed by atoms with Crippen molar-refractivity contribution in [2.45, 2.75) is 49.0 Å². The van der Waals surface area contributed by atoms with E-state index in [9.17, 15) is 9.59 Å². The predicted molar refractivity (Wildman–Crippen MR) is 57.2 cm³/mol. The molecule has 78 valence electrons. The van der Waals surface area contributed by atoms with Crippen LogP contribution >= 0.6 is 0 Å². The van der Waals surface area contributed by atoms with Gasteiger partial charge in [-0.3, -0.25) is 0 Å². The summed E-state index contributed by atoms with van der Waals surface area (Å²) in [5.74, 6) is 0.421. The maximum absolute atomic E-state index is 9.81. The first kappa shape index (κ1) is 38.3. The van der Waals surface area contributed by atoms with Crippen LogP contribution in [0.1, 0.15) is 49.0 Å². The van der Waals surface area contributed by atoms with E-state index in [1.165, 1.54) is 13.8 Å². The third-order valence-corrected chi connectivity index (χ3v) is 0.498. The van der Waals surface area contributed by atoms with Crippen molar-refractivity contribution in [2.75, 3.05) is 0 Å². The maximum atomic E-state index is 9.81. The smallest absolute Gasteiger partial charge is 0.358 e. The third kappa shape index (κ3) is 314. The first-order valence-electron chi connectivity index (χ1n) is 2.97. The second kappa shape index (κ2) is 29.7. The zero-order valence-corrected chi connectivity index (χ0v) is 8.52. The van der Waals surface area contributed by atoms with Gasteiger partial charge in [-0.05, 0) is 20.8 Å². The van der Waals surface area contributed by atoms with Gasteiger partial charge in [0.15, 0.2) is 0 Å². The van der Waals surface area contributed by atoms with Crippen molar-refractivity contribution in [2.24, 2.45) is 0 Å². The molecule has 0 atom stereocenters. The van der Waals surface area contributed by atoms with Gasteiger partial charge in [0.25, 0.3) is 0 Å². The van der Waals surface area contributed by atoms with Crippen LogP contribution in [0, 0.1) is 7.43 Å². The summed E-state index contributed by atoms with van der Waals surface area (Å²) in [4.78, 5) is 19.3. The van der Waals surface area contributed by atoms with Crippen LogP contribution in [0.15, 0.2) is 0 Å². The minimum atomic E-state index is 0. The van der Waals surface area contributed by atoms with Gasteiger partial charge in [0.05, 0.1) is 0 Å². The monoisotopic (exact) mass is 184 g/mol. The van der Waals surface area contributed by atoms with Crippen LogP contribution in [0.2, 0.25) is 0 Å². The van der Waals surface area contributed by atoms with Gasteiger partial charge in [0.2, 0.25) is 0 Å². The molecule has 0 spiro atoms. The SMILES string of the molecule is C.C.CC(C)=O.CCC(C)=O.[CH3-].[Li+]. The molecule has 0 saturated carbocycles. The van der Waals surface area contributed by atoms with Crippen molar-refractivity contribution < 1.29 is 28.4 Å². The standard InChI is InChI=1S/C4H8O.C3H6O.2CH4.CH3.Li/c1-3-4(2)5;1-3(2)4;;;;/h3H2,1-2H3;1-2H3;2*1H4;1H3;/q;;;;-1;+1. The maximum Gasteiger partial charge on any atom is 1.00 e. The summed E-state index contributed by atoms with van der Waals surface area (Å²) in [6.07, 6.45) is 0.667. The van der Waals surface area contributed by atoms with Crippen molar-refractivity contribution in [1.82, 2.24) is 0 Å². The van der Waals surface area contributed by atoms with Gasteiger partial charge < -0.3 is 17.0 Å². The number of rotatable bonds is 1. The molecule has 0 saturated heterocycles. The molecule has 0 radical (unpaired) electrons. The molecule has 0 aromatic heterocycles. The summed E-state index contributed by atoms with van der Waals surface area (Å²) >= 11 is 0. The summed E-state index contributed by atoms with van der Waals surface area (Å²) in [5.41, 5.74) is 0. The molecule has 13 heavy (non-hydrogen) atoms. The predicted octanol–water partition coefficient (Wildman–Crippen LogP) is 0.307. The minimum Gasteiger partial charge on any atom is -0.358 e. The third-order valence-electron chi connectivity index (χ3n) is 0.498. The van der Waals surface area contributed by atoms with E-state index in [1.807, 2.05) is 6.92 Å². The molecule has 0 bridgehead atoms. The van der Waals surface area contributed by atoms with E-state index in [-0.39, 0.29) is 52.7 Å². The van der Waals surface area contributed by atoms with Gasteiger partial charge in [0, 0.05) is 6.42 Å². The Morgan fingerprint density at radius 1 is 1.00 bits per heavy atom. The van der Waals surface area contributed by atoms with Gasteiger partial charge in [-0.25, -0.2) is 0 Å². The van der Waals surface area contributed by atoms with Crippen LogP contribution in [0.5, 0.6) is 0 Å². The summed E-state index contributed by atoms with van der Waals surface area (Å²) in [6.45, 7) is 6.49. The van der Waals surface area contributed by atoms with Crippen molar-refractivity contribution >= 4 is 11.6 Å². The normalized spacial score (nSPS) is 4.92. The fraction of sp³-hybridized carbons (Fsp3) is 0.700. The first-order valence-corrected chi connectivity index (χ1v) is 2.97. The number of hydrogen-bond acceptors (Lipinski definition) is 2. The topological polar surface area (TPSA) is 34.1 Å². The van der Waals surface area contributed by atoms with Crippen molar-refractivity contribution in [3.8, 4) is 0 Å². The average molecular weight is 184 g/mol. The minimum absolute atomic E-state index is 0. The van der Waals surface area contributed by atoms with Gasteiger partial charge in [-0.1, -0.05) is 21.8 Å². The van der Waals surface area contributed by atoms with Crippen LogP contribution in [-0.4, -0.2) is 11.6 Å². The van der Waals surface area contributed by atoms with Crippen LogP contribution in [0.4, 0.5) is 0 Å². The number of carbonyl (C=O) groups is 2. The first-order chi connectivity index (χ1) is 4.00. The molecular formula is C10H25LiO2. The molecule has 0 amide bonds. The van der Waals surface area contributed by atoms with E-state index in [1.54, 1.807) is 6.92 Å². The Morgan fingerprint density at radius 3 is 1.08 bits per heavy atom. The van der Waals surface area contributed by atoms with Crippen LogP contribution in [0.25, 0.3) is 0 Å². The van der Waals surface area contributed by atoms with E-state index in [4.69, 9.17) is 0 Å². The van der Waals surface area contributed by atoms with Crippen molar-refractivity contribution in [3.63, 3.8) is 0 Å². The fourth-order valence-electron chi connectivity index (χ4n) is 0. The number of hydrogen-bond donors (Lipinski definition) is 0. The number of ketones is 2. The Balaban J connectivity index is -0.0000000146. The van der Waals surface area contributed by atoms with Crippen LogP contribution in [-0.2, 0) is 9.59 Å². The van der Waals surface area contributed by atoms with Crippen LogP contribution in [0.3, 0.4) is 0 Å². The molecule has 0 unspecified atom stereocenters. The summed E-state index contributed by atoms with van der Waals surface area (Å²) < 4.78 is 0. The Labute approximate surface area is 96.7 Å². The van der Waals surface area contributed by atoms with Gasteiger partial charge in [-0.15, -0.1) is 0 Å². The zero-order valence-electron chi connectivity index (χ0n) is 8.52. The largest absolute Gasteiger partial charge is 1.00 e. The number of Topliss-reactive ketones (excluding diaryl/α,β-unsaturated/α-hetero) is 2. The van der Waals surface area contributed by atoms with E-state index in [2.05, 4.69) is 0 Å². The van der Waals surface area contributed by atoms with Crippen LogP contribution < -0.4 is 18.9 Å². The molecule has 0 N–H and O–H groups in total. The Hall–Kier alpha value is -0.0626. The molecular weight excluding hydrogens is 159 g/mol. The zero-order chi connectivity index (χ0) is 7.86. The molecule has 0 heterocycles. The second-order valence-corrected chi connectivity index (χ2v) is 1.96. The van der Waals surface area contributed by atoms with Gasteiger partial charge in [-0.2, -0.15) is 0 Å². The quantitative estimate of drug-likeness (QED) is 0.434. The molecule has 0 aliphatic carbocycles. The average Bonchev–Trinajstić information content (AvgIpc) is 1.65. The molecule has 0 aromatic rings. The molecule has 0 rings (SSSR count). The fourth-order valence-corrected chi connectivity index (χ4v) is 0. The van der Waals surface area contributed by atoms with Crippen molar-refractivity contribution in [1.29, 1.82) is 0 Å². The summed E-state index contributed by atoms with van der Waals surface area (Å²) in [7, 11) is 0. The summed E-state index contributed by atoms with van der Waals surface area (Å²) in [5, 5.41) is 0. The van der Waals surface area contributed by atoms with E-state index < -0.39 is 0 Å². The molecule has 2 nitrogen and oxygen atoms in total. The van der Waals surface area contributed by atoms with Gasteiger partial charge >= 0.3 is 18.9 Å². The molecule has 0 aromatic carbocycles. The Morgan fingerprint density at radius 2 is 1.08 bits per heavy atom. The van der Waals surface area contributed by atoms with E-state index in [0.29, 0.717) is 6.42 Å². The Bertz CT molecular complexity index is 97.1. The van der Waals surface area contributed by atoms with E-state index >= 15 is 0 Å². The molecule has 3 heteroatoms. The molecule has 0 fully saturated rings. The second-order valence-electron chi connectivity index (χ2n) is 1.96. The van der Waals surface area contributed by atoms with Gasteiger partial charge in [0.1, 0.15) is 11.6 Å². The molecule has 0 aliphatic rings. The molecule has 0 aliphatic heterocycles. The summed E-state index contributed by atoms with van der Waals surface area (Å²) in [6, 6.07) is 0. The number of carbonyl (C=O) groups excluding carboxylic acids is 2. The van der Waals surface area contributed by atoms with Crippen molar-refractivity contribution in [3.05, 3.63) is 7.43 Å². The van der Waals surface area contributed by atoms with E-state index in [0.717, 1.165) is 0 Å².